The Labute approximate surface area is 143 Å². The molecular weight excluding hydrogens is 302 g/mol. The minimum Gasteiger partial charge on any atom is -0.396 e. The summed E-state index contributed by atoms with van der Waals surface area (Å²) in [6.07, 6.45) is 6.95. The molecule has 0 unspecified atom stereocenters. The van der Waals surface area contributed by atoms with E-state index < -0.39 is 0 Å². The molecule has 5 nitrogen and oxygen atoms in total. The molecule has 0 saturated heterocycles. The molecular formula is C19H27N3O2. The quantitative estimate of drug-likeness (QED) is 0.723. The summed E-state index contributed by atoms with van der Waals surface area (Å²) in [6, 6.07) is 8.54. The maximum atomic E-state index is 12.6. The molecule has 0 bridgehead atoms. The molecule has 1 heterocycles. The Bertz CT molecular complexity index is 691. The molecule has 3 rings (SSSR count). The van der Waals surface area contributed by atoms with Crippen molar-refractivity contribution in [2.45, 2.75) is 51.6 Å². The molecule has 5 heteroatoms. The van der Waals surface area contributed by atoms with Gasteiger partial charge in [-0.2, -0.15) is 0 Å². The maximum absolute atomic E-state index is 12.6. The Balaban J connectivity index is 1.70. The normalized spacial score (nSPS) is 14.1. The summed E-state index contributed by atoms with van der Waals surface area (Å²) >= 11 is 0. The van der Waals surface area contributed by atoms with Crippen LogP contribution in [0.1, 0.15) is 39.0 Å². The standard InChI is InChI=1S/C19H27N3O2/c1-2-10-21-12-9-15-5-6-16(14-18(15)21)20-19(24)22(17-7-8-17)11-3-4-13-23/h5-6,9,12,14,17,23H,2-4,7-8,10-11,13H2,1H3,(H,20,24). The number of benzene rings is 1. The van der Waals surface area contributed by atoms with Crippen LogP contribution < -0.4 is 5.32 Å². The lowest BCUT2D eigenvalue weighted by Gasteiger charge is -2.23. The molecule has 2 amide bonds. The first-order valence-corrected chi connectivity index (χ1v) is 9.00. The lowest BCUT2D eigenvalue weighted by Crippen LogP contribution is -2.37. The van der Waals surface area contributed by atoms with Crippen molar-refractivity contribution in [2.24, 2.45) is 0 Å². The number of aliphatic hydroxyl groups excluding tert-OH is 1. The number of carbonyl (C=O) groups is 1. The van der Waals surface area contributed by atoms with Crippen LogP contribution in [0.2, 0.25) is 0 Å². The molecule has 24 heavy (non-hydrogen) atoms. The largest absolute Gasteiger partial charge is 0.396 e. The number of rotatable bonds is 8. The first kappa shape index (κ1) is 16.8. The van der Waals surface area contributed by atoms with Gasteiger partial charge in [0.1, 0.15) is 0 Å². The number of nitrogens with one attached hydrogen (secondary N) is 1. The number of unbranched alkanes of at least 4 members (excludes halogenated alkanes) is 1. The second-order valence-corrected chi connectivity index (χ2v) is 6.57. The van der Waals surface area contributed by atoms with E-state index in [9.17, 15) is 4.79 Å². The summed E-state index contributed by atoms with van der Waals surface area (Å²) in [5.74, 6) is 0. The van der Waals surface area contributed by atoms with Crippen LogP contribution in [0.4, 0.5) is 10.5 Å². The van der Waals surface area contributed by atoms with Gasteiger partial charge in [0.2, 0.25) is 0 Å². The van der Waals surface area contributed by atoms with Gasteiger partial charge in [-0.1, -0.05) is 13.0 Å². The number of aryl methyl sites for hydroxylation is 1. The van der Waals surface area contributed by atoms with Crippen LogP contribution in [-0.4, -0.2) is 39.8 Å². The van der Waals surface area contributed by atoms with Gasteiger partial charge < -0.3 is 19.9 Å². The molecule has 2 N–H and O–H groups in total. The topological polar surface area (TPSA) is 57.5 Å². The van der Waals surface area contributed by atoms with E-state index in [1.807, 2.05) is 11.0 Å². The lowest BCUT2D eigenvalue weighted by atomic mass is 10.2. The molecule has 1 aliphatic rings. The molecule has 1 fully saturated rings. The van der Waals surface area contributed by atoms with Gasteiger partial charge in [0.25, 0.3) is 0 Å². The Morgan fingerprint density at radius 3 is 2.88 bits per heavy atom. The number of aliphatic hydroxyl groups is 1. The molecule has 0 spiro atoms. The van der Waals surface area contributed by atoms with Crippen molar-refractivity contribution in [3.63, 3.8) is 0 Å². The van der Waals surface area contributed by atoms with E-state index >= 15 is 0 Å². The fraction of sp³-hybridized carbons (Fsp3) is 0.526. The highest BCUT2D eigenvalue weighted by Crippen LogP contribution is 2.28. The molecule has 0 radical (unpaired) electrons. The van der Waals surface area contributed by atoms with Crippen molar-refractivity contribution >= 4 is 22.6 Å². The first-order chi connectivity index (χ1) is 11.7. The summed E-state index contributed by atoms with van der Waals surface area (Å²) in [6.45, 7) is 4.05. The van der Waals surface area contributed by atoms with Crippen molar-refractivity contribution in [1.29, 1.82) is 0 Å². The Morgan fingerprint density at radius 2 is 2.17 bits per heavy atom. The highest BCUT2D eigenvalue weighted by atomic mass is 16.3. The van der Waals surface area contributed by atoms with E-state index in [0.717, 1.165) is 49.9 Å². The fourth-order valence-electron chi connectivity index (χ4n) is 3.12. The second-order valence-electron chi connectivity index (χ2n) is 6.57. The van der Waals surface area contributed by atoms with Gasteiger partial charge in [-0.25, -0.2) is 4.79 Å². The van der Waals surface area contributed by atoms with Crippen molar-refractivity contribution in [3.05, 3.63) is 30.5 Å². The number of anilines is 1. The number of urea groups is 1. The zero-order valence-corrected chi connectivity index (χ0v) is 14.4. The van der Waals surface area contributed by atoms with Gasteiger partial charge in [0, 0.05) is 37.6 Å². The smallest absolute Gasteiger partial charge is 0.322 e. The number of aromatic nitrogens is 1. The molecule has 130 valence electrons. The zero-order valence-electron chi connectivity index (χ0n) is 14.4. The van der Waals surface area contributed by atoms with Crippen LogP contribution in [0, 0.1) is 0 Å². The SMILES string of the molecule is CCCn1ccc2ccc(NC(=O)N(CCCCO)C3CC3)cc21. The predicted octanol–water partition coefficient (Wildman–Crippen LogP) is 3.82. The van der Waals surface area contributed by atoms with Crippen LogP contribution in [-0.2, 0) is 6.54 Å². The van der Waals surface area contributed by atoms with Crippen LogP contribution in [0.3, 0.4) is 0 Å². The molecule has 1 aromatic carbocycles. The molecule has 1 saturated carbocycles. The monoisotopic (exact) mass is 329 g/mol. The average molecular weight is 329 g/mol. The third-order valence-electron chi connectivity index (χ3n) is 4.55. The average Bonchev–Trinajstić information content (AvgIpc) is 3.34. The number of nitrogens with zero attached hydrogens (tertiary/aromatic N) is 2. The first-order valence-electron chi connectivity index (χ1n) is 9.00. The Morgan fingerprint density at radius 1 is 1.33 bits per heavy atom. The number of fused-ring (bicyclic) bond motifs is 1. The van der Waals surface area contributed by atoms with Crippen molar-refractivity contribution < 1.29 is 9.90 Å². The van der Waals surface area contributed by atoms with Gasteiger partial charge in [0.05, 0.1) is 5.52 Å². The highest BCUT2D eigenvalue weighted by molar-refractivity contribution is 5.93. The lowest BCUT2D eigenvalue weighted by molar-refractivity contribution is 0.204. The molecule has 0 aliphatic heterocycles. The van der Waals surface area contributed by atoms with Crippen LogP contribution >= 0.6 is 0 Å². The number of hydrogen-bond donors (Lipinski definition) is 2. The van der Waals surface area contributed by atoms with E-state index in [2.05, 4.69) is 41.2 Å². The van der Waals surface area contributed by atoms with E-state index in [-0.39, 0.29) is 12.6 Å². The van der Waals surface area contributed by atoms with Crippen LogP contribution in [0.15, 0.2) is 30.5 Å². The maximum Gasteiger partial charge on any atom is 0.322 e. The molecule has 1 aromatic heterocycles. The number of carbonyl (C=O) groups excluding carboxylic acids is 1. The van der Waals surface area contributed by atoms with E-state index in [4.69, 9.17) is 5.11 Å². The molecule has 0 atom stereocenters. The predicted molar refractivity (Wildman–Crippen MR) is 97.3 cm³/mol. The summed E-state index contributed by atoms with van der Waals surface area (Å²) in [4.78, 5) is 14.5. The number of amides is 2. The van der Waals surface area contributed by atoms with Crippen molar-refractivity contribution in [2.75, 3.05) is 18.5 Å². The molecule has 1 aliphatic carbocycles. The van der Waals surface area contributed by atoms with E-state index in [0.29, 0.717) is 12.6 Å². The van der Waals surface area contributed by atoms with Crippen molar-refractivity contribution in [3.8, 4) is 0 Å². The minimum atomic E-state index is -0.0246. The number of hydrogen-bond acceptors (Lipinski definition) is 2. The summed E-state index contributed by atoms with van der Waals surface area (Å²) in [5, 5.41) is 13.2. The summed E-state index contributed by atoms with van der Waals surface area (Å²) in [5.41, 5.74) is 2.00. The molecule has 2 aromatic rings. The minimum absolute atomic E-state index is 0.0246. The Kier molecular flexibility index (Phi) is 5.41. The van der Waals surface area contributed by atoms with Crippen molar-refractivity contribution in [1.82, 2.24) is 9.47 Å². The zero-order chi connectivity index (χ0) is 16.9. The third kappa shape index (κ3) is 3.90. The van der Waals surface area contributed by atoms with Gasteiger partial charge in [-0.15, -0.1) is 0 Å². The fourth-order valence-corrected chi connectivity index (χ4v) is 3.12. The highest BCUT2D eigenvalue weighted by Gasteiger charge is 2.32. The summed E-state index contributed by atoms with van der Waals surface area (Å²) < 4.78 is 2.23. The van der Waals surface area contributed by atoms with Crippen LogP contribution in [0.25, 0.3) is 10.9 Å². The van der Waals surface area contributed by atoms with Crippen LogP contribution in [0.5, 0.6) is 0 Å². The van der Waals surface area contributed by atoms with Gasteiger partial charge in [-0.3, -0.25) is 0 Å². The van der Waals surface area contributed by atoms with Gasteiger partial charge >= 0.3 is 6.03 Å². The van der Waals surface area contributed by atoms with Gasteiger partial charge in [0.15, 0.2) is 0 Å². The summed E-state index contributed by atoms with van der Waals surface area (Å²) in [7, 11) is 0. The van der Waals surface area contributed by atoms with E-state index in [1.165, 1.54) is 5.39 Å². The third-order valence-corrected chi connectivity index (χ3v) is 4.55. The Hall–Kier alpha value is -2.01. The van der Waals surface area contributed by atoms with E-state index in [1.54, 1.807) is 0 Å². The second kappa shape index (κ2) is 7.71. The van der Waals surface area contributed by atoms with Gasteiger partial charge in [-0.05, 0) is 55.7 Å².